The van der Waals surface area contributed by atoms with Gasteiger partial charge in [-0.3, -0.25) is 4.55 Å². The summed E-state index contributed by atoms with van der Waals surface area (Å²) in [6.07, 6.45) is 8.79. The Morgan fingerprint density at radius 1 is 0.756 bits per heavy atom. The van der Waals surface area contributed by atoms with E-state index < -0.39 is 21.3 Å². The first-order valence-corrected chi connectivity index (χ1v) is 17.1. The minimum atomic E-state index is -4.19. The highest BCUT2D eigenvalue weighted by atomic mass is 32.2. The van der Waals surface area contributed by atoms with Crippen LogP contribution in [0.15, 0.2) is 54.6 Å². The van der Waals surface area contributed by atoms with Crippen LogP contribution in [-0.2, 0) is 14.9 Å². The molecule has 0 saturated heterocycles. The van der Waals surface area contributed by atoms with E-state index in [0.717, 1.165) is 77.9 Å². The summed E-state index contributed by atoms with van der Waals surface area (Å²) in [5, 5.41) is 2.77. The van der Waals surface area contributed by atoms with Crippen molar-refractivity contribution in [3.8, 4) is 0 Å². The van der Waals surface area contributed by atoms with Crippen LogP contribution in [0.2, 0.25) is 0 Å². The minimum Gasteiger partial charge on any atom is -0.462 e. The summed E-state index contributed by atoms with van der Waals surface area (Å²) in [5.41, 5.74) is 0.533. The zero-order valence-corrected chi connectivity index (χ0v) is 26.1. The Kier molecular flexibility index (Phi) is 13.1. The highest BCUT2D eigenvalue weighted by Crippen LogP contribution is 2.29. The van der Waals surface area contributed by atoms with Gasteiger partial charge in [0.05, 0.1) is 43.6 Å². The Morgan fingerprint density at radius 3 is 1.71 bits per heavy atom. The average molecular weight is 585 g/mol. The smallest absolute Gasteiger partial charge is 0.339 e. The summed E-state index contributed by atoms with van der Waals surface area (Å²) in [6, 6.07) is 17.6. The maximum atomic E-state index is 13.3. The van der Waals surface area contributed by atoms with E-state index in [-0.39, 0.29) is 13.0 Å². The molecular formula is C34H50NO5S+. The Bertz CT molecular complexity index is 1280. The molecular weight excluding hydrogens is 534 g/mol. The maximum Gasteiger partial charge on any atom is 0.339 e. The molecule has 6 nitrogen and oxygen atoms in total. The number of carbonyl (C=O) groups excluding carboxylic acids is 1. The van der Waals surface area contributed by atoms with Gasteiger partial charge >= 0.3 is 5.97 Å². The van der Waals surface area contributed by atoms with Crippen molar-refractivity contribution in [2.45, 2.75) is 90.2 Å². The van der Waals surface area contributed by atoms with Gasteiger partial charge in [0.15, 0.2) is 0 Å². The largest absolute Gasteiger partial charge is 0.462 e. The van der Waals surface area contributed by atoms with E-state index in [1.54, 1.807) is 0 Å². The molecule has 0 aliphatic rings. The highest BCUT2D eigenvalue weighted by molar-refractivity contribution is 7.86. The molecule has 1 N–H and O–H groups in total. The standard InChI is InChI=1S/C34H49NO5S/c1-4-7-22-35(23-8-5-2,24-9-6-3)25-14-18-30(41(37,38)39)19-15-26-40-34(36)33-31-20-12-10-16-28(31)27-29-17-11-13-21-32(29)33/h10-13,16-17,20-21,27,30H,4-9,14-15,18-19,22-26H2,1-3H3/p+1. The van der Waals surface area contributed by atoms with E-state index in [0.29, 0.717) is 18.4 Å². The molecule has 226 valence electrons. The molecule has 0 spiro atoms. The van der Waals surface area contributed by atoms with Gasteiger partial charge in [0.1, 0.15) is 0 Å². The highest BCUT2D eigenvalue weighted by Gasteiger charge is 2.28. The monoisotopic (exact) mass is 584 g/mol. The zero-order chi connectivity index (χ0) is 29.7. The van der Waals surface area contributed by atoms with E-state index in [1.165, 1.54) is 19.3 Å². The summed E-state index contributed by atoms with van der Waals surface area (Å²) >= 11 is 0. The quantitative estimate of drug-likeness (QED) is 0.0505. The summed E-state index contributed by atoms with van der Waals surface area (Å²) in [7, 11) is -4.19. The van der Waals surface area contributed by atoms with Crippen molar-refractivity contribution in [1.29, 1.82) is 0 Å². The van der Waals surface area contributed by atoms with Crippen LogP contribution in [0.3, 0.4) is 0 Å². The zero-order valence-electron chi connectivity index (χ0n) is 25.3. The molecule has 3 aromatic carbocycles. The summed E-state index contributed by atoms with van der Waals surface area (Å²) < 4.78 is 41.3. The van der Waals surface area contributed by atoms with Crippen LogP contribution in [0.1, 0.15) is 95.3 Å². The molecule has 1 atom stereocenters. The van der Waals surface area contributed by atoms with Crippen LogP contribution in [0.4, 0.5) is 0 Å². The van der Waals surface area contributed by atoms with Crippen molar-refractivity contribution < 1.29 is 27.0 Å². The number of hydrogen-bond acceptors (Lipinski definition) is 4. The van der Waals surface area contributed by atoms with Crippen molar-refractivity contribution in [1.82, 2.24) is 0 Å². The molecule has 0 saturated carbocycles. The Balaban J connectivity index is 1.62. The second kappa shape index (κ2) is 16.2. The third kappa shape index (κ3) is 9.52. The third-order valence-corrected chi connectivity index (χ3v) is 9.73. The van der Waals surface area contributed by atoms with Crippen molar-refractivity contribution >= 4 is 37.6 Å². The van der Waals surface area contributed by atoms with Gasteiger partial charge in [0.25, 0.3) is 10.1 Å². The fraction of sp³-hybridized carbons (Fsp3) is 0.559. The second-order valence-corrected chi connectivity index (χ2v) is 13.2. The number of fused-ring (bicyclic) bond motifs is 2. The molecule has 0 radical (unpaired) electrons. The minimum absolute atomic E-state index is 0.103. The van der Waals surface area contributed by atoms with E-state index >= 15 is 0 Å². The predicted molar refractivity (Wildman–Crippen MR) is 170 cm³/mol. The lowest BCUT2D eigenvalue weighted by molar-refractivity contribution is -0.929. The lowest BCUT2D eigenvalue weighted by atomic mass is 9.97. The topological polar surface area (TPSA) is 80.7 Å². The summed E-state index contributed by atoms with van der Waals surface area (Å²) in [4.78, 5) is 13.3. The molecule has 3 aromatic rings. The van der Waals surface area contributed by atoms with Gasteiger partial charge in [-0.25, -0.2) is 4.79 Å². The van der Waals surface area contributed by atoms with Crippen LogP contribution >= 0.6 is 0 Å². The lowest BCUT2D eigenvalue weighted by Gasteiger charge is -2.39. The number of carbonyl (C=O) groups is 1. The molecule has 7 heteroatoms. The van der Waals surface area contributed by atoms with Crippen LogP contribution < -0.4 is 0 Å². The van der Waals surface area contributed by atoms with Crippen molar-refractivity contribution in [2.24, 2.45) is 0 Å². The average Bonchev–Trinajstić information content (AvgIpc) is 2.96. The number of benzene rings is 3. The van der Waals surface area contributed by atoms with Crippen LogP contribution in [0, 0.1) is 0 Å². The molecule has 0 fully saturated rings. The van der Waals surface area contributed by atoms with Crippen LogP contribution in [-0.4, -0.2) is 61.5 Å². The van der Waals surface area contributed by atoms with Crippen molar-refractivity contribution in [3.05, 3.63) is 60.2 Å². The summed E-state index contributed by atoms with van der Waals surface area (Å²) in [5.74, 6) is -0.411. The number of ether oxygens (including phenoxy) is 1. The van der Waals surface area contributed by atoms with Gasteiger partial charge < -0.3 is 9.22 Å². The molecule has 41 heavy (non-hydrogen) atoms. The van der Waals surface area contributed by atoms with Gasteiger partial charge in [-0.1, -0.05) is 88.6 Å². The second-order valence-electron chi connectivity index (χ2n) is 11.5. The number of quaternary nitrogens is 1. The predicted octanol–water partition coefficient (Wildman–Crippen LogP) is 8.18. The maximum absolute atomic E-state index is 13.3. The number of rotatable bonds is 19. The van der Waals surface area contributed by atoms with Crippen LogP contribution in [0.25, 0.3) is 21.5 Å². The molecule has 0 bridgehead atoms. The first-order valence-electron chi connectivity index (χ1n) is 15.6. The third-order valence-electron chi connectivity index (χ3n) is 8.42. The lowest BCUT2D eigenvalue weighted by Crippen LogP contribution is -2.51. The number of nitrogens with zero attached hydrogens (tertiary/aromatic N) is 1. The molecule has 0 amide bonds. The molecule has 0 aliphatic carbocycles. The fourth-order valence-electron chi connectivity index (χ4n) is 6.03. The number of hydrogen-bond donors (Lipinski definition) is 1. The van der Waals surface area contributed by atoms with E-state index in [9.17, 15) is 17.8 Å². The Morgan fingerprint density at radius 2 is 1.22 bits per heavy atom. The molecule has 3 rings (SSSR count). The summed E-state index contributed by atoms with van der Waals surface area (Å²) in [6.45, 7) is 11.1. The van der Waals surface area contributed by atoms with Crippen molar-refractivity contribution in [3.63, 3.8) is 0 Å². The Labute approximate surface area is 247 Å². The van der Waals surface area contributed by atoms with Gasteiger partial charge in [0.2, 0.25) is 0 Å². The van der Waals surface area contributed by atoms with Gasteiger partial charge in [-0.2, -0.15) is 8.42 Å². The molecule has 0 aliphatic heterocycles. The van der Waals surface area contributed by atoms with Crippen LogP contribution in [0.5, 0.6) is 0 Å². The van der Waals surface area contributed by atoms with E-state index in [1.807, 2.05) is 48.5 Å². The molecule has 0 heterocycles. The Hall–Kier alpha value is -2.48. The normalized spacial score (nSPS) is 13.1. The van der Waals surface area contributed by atoms with E-state index in [2.05, 4.69) is 26.8 Å². The first kappa shape index (κ1) is 33.0. The molecule has 0 aromatic heterocycles. The first-order chi connectivity index (χ1) is 19.7. The molecule has 1 unspecified atom stereocenters. The number of unbranched alkanes of at least 4 members (excludes halogenated alkanes) is 3. The SMILES string of the molecule is CCCC[N+](CCCC)(CCCC)CCCC(CCCOC(=O)c1c2ccccc2cc2ccccc12)S(=O)(=O)O. The number of esters is 1. The van der Waals surface area contributed by atoms with Gasteiger partial charge in [0, 0.05) is 0 Å². The van der Waals surface area contributed by atoms with Gasteiger partial charge in [-0.15, -0.1) is 0 Å². The van der Waals surface area contributed by atoms with E-state index in [4.69, 9.17) is 4.74 Å². The van der Waals surface area contributed by atoms with Crippen molar-refractivity contribution in [2.75, 3.05) is 32.8 Å². The van der Waals surface area contributed by atoms with Gasteiger partial charge in [-0.05, 0) is 72.6 Å². The fourth-order valence-corrected chi connectivity index (χ4v) is 6.96.